The average Bonchev–Trinajstić information content (AvgIpc) is 2.82. The van der Waals surface area contributed by atoms with Crippen LogP contribution < -0.4 is 19.7 Å². The monoisotopic (exact) mass is 439 g/mol. The van der Waals surface area contributed by atoms with Crippen molar-refractivity contribution in [2.24, 2.45) is 0 Å². The number of aromatic nitrogens is 2. The molecule has 0 atom stereocenters. The molecule has 0 spiro atoms. The van der Waals surface area contributed by atoms with E-state index in [0.29, 0.717) is 37.7 Å². The van der Waals surface area contributed by atoms with Gasteiger partial charge >= 0.3 is 6.03 Å². The SMILES string of the molecule is COc1cc2ncnc(N3CCN(C(=O)Nc4cccc(SC)c4)CC3)c2cc1OC. The largest absolute Gasteiger partial charge is 0.493 e. The van der Waals surface area contributed by atoms with Gasteiger partial charge in [-0.05, 0) is 30.5 Å². The zero-order chi connectivity index (χ0) is 21.8. The normalized spacial score (nSPS) is 13.9. The van der Waals surface area contributed by atoms with Crippen LogP contribution >= 0.6 is 11.8 Å². The Morgan fingerprint density at radius 3 is 2.48 bits per heavy atom. The molecular weight excluding hydrogens is 414 g/mol. The maximum absolute atomic E-state index is 12.7. The summed E-state index contributed by atoms with van der Waals surface area (Å²) in [5.74, 6) is 2.10. The second-order valence-electron chi connectivity index (χ2n) is 7.06. The van der Waals surface area contributed by atoms with Crippen LogP contribution in [-0.4, -0.2) is 67.6 Å². The van der Waals surface area contributed by atoms with Crippen molar-refractivity contribution in [1.82, 2.24) is 14.9 Å². The summed E-state index contributed by atoms with van der Waals surface area (Å²) in [6, 6.07) is 11.5. The summed E-state index contributed by atoms with van der Waals surface area (Å²) >= 11 is 1.65. The summed E-state index contributed by atoms with van der Waals surface area (Å²) in [7, 11) is 3.22. The number of hydrogen-bond acceptors (Lipinski definition) is 7. The van der Waals surface area contributed by atoms with E-state index in [4.69, 9.17) is 9.47 Å². The first-order chi connectivity index (χ1) is 15.1. The number of fused-ring (bicyclic) bond motifs is 1. The molecule has 1 N–H and O–H groups in total. The molecule has 1 aromatic heterocycles. The number of nitrogens with one attached hydrogen (secondary N) is 1. The molecule has 4 rings (SSSR count). The molecule has 2 amide bonds. The zero-order valence-electron chi connectivity index (χ0n) is 17.8. The lowest BCUT2D eigenvalue weighted by molar-refractivity contribution is 0.208. The number of thioether (sulfide) groups is 1. The Balaban J connectivity index is 1.47. The first kappa shape index (κ1) is 21.0. The number of anilines is 2. The van der Waals surface area contributed by atoms with Crippen LogP contribution in [0.2, 0.25) is 0 Å². The highest BCUT2D eigenvalue weighted by atomic mass is 32.2. The molecule has 2 aromatic carbocycles. The molecule has 9 heteroatoms. The Morgan fingerprint density at radius 2 is 1.77 bits per heavy atom. The maximum Gasteiger partial charge on any atom is 0.321 e. The lowest BCUT2D eigenvalue weighted by atomic mass is 10.2. The molecule has 0 saturated carbocycles. The van der Waals surface area contributed by atoms with E-state index < -0.39 is 0 Å². The molecule has 0 unspecified atom stereocenters. The second-order valence-corrected chi connectivity index (χ2v) is 7.94. The van der Waals surface area contributed by atoms with Crippen LogP contribution in [0, 0.1) is 0 Å². The molecular formula is C22H25N5O3S. The van der Waals surface area contributed by atoms with Gasteiger partial charge in [-0.15, -0.1) is 11.8 Å². The highest BCUT2D eigenvalue weighted by molar-refractivity contribution is 7.98. The van der Waals surface area contributed by atoms with Crippen molar-refractivity contribution < 1.29 is 14.3 Å². The molecule has 8 nitrogen and oxygen atoms in total. The molecule has 0 bridgehead atoms. The molecule has 2 heterocycles. The predicted molar refractivity (Wildman–Crippen MR) is 124 cm³/mol. The number of carbonyl (C=O) groups excluding carboxylic acids is 1. The number of nitrogens with zero attached hydrogens (tertiary/aromatic N) is 4. The number of hydrogen-bond donors (Lipinski definition) is 1. The van der Waals surface area contributed by atoms with Crippen LogP contribution in [0.15, 0.2) is 47.6 Å². The van der Waals surface area contributed by atoms with E-state index in [9.17, 15) is 4.79 Å². The van der Waals surface area contributed by atoms with Crippen molar-refractivity contribution in [2.45, 2.75) is 4.90 Å². The molecule has 1 fully saturated rings. The fraction of sp³-hybridized carbons (Fsp3) is 0.318. The first-order valence-electron chi connectivity index (χ1n) is 9.94. The standard InChI is InChI=1S/C22H25N5O3S/c1-29-19-12-17-18(13-20(19)30-2)23-14-24-21(17)26-7-9-27(10-8-26)22(28)25-15-5-4-6-16(11-15)31-3/h4-6,11-14H,7-10H2,1-3H3,(H,25,28). The predicted octanol–water partition coefficient (Wildman–Crippen LogP) is 3.72. The lowest BCUT2D eigenvalue weighted by Crippen LogP contribution is -2.50. The van der Waals surface area contributed by atoms with E-state index in [1.165, 1.54) is 0 Å². The average molecular weight is 440 g/mol. The quantitative estimate of drug-likeness (QED) is 0.607. The summed E-state index contributed by atoms with van der Waals surface area (Å²) in [5, 5.41) is 3.89. The van der Waals surface area contributed by atoms with Gasteiger partial charge < -0.3 is 24.6 Å². The van der Waals surface area contributed by atoms with Gasteiger partial charge in [-0.2, -0.15) is 0 Å². The van der Waals surface area contributed by atoms with Crippen LogP contribution in [0.25, 0.3) is 10.9 Å². The van der Waals surface area contributed by atoms with E-state index in [1.807, 2.05) is 47.6 Å². The second kappa shape index (κ2) is 9.30. The van der Waals surface area contributed by atoms with Crippen molar-refractivity contribution in [3.05, 3.63) is 42.7 Å². The van der Waals surface area contributed by atoms with Gasteiger partial charge in [-0.25, -0.2) is 14.8 Å². The lowest BCUT2D eigenvalue weighted by Gasteiger charge is -2.35. The fourth-order valence-electron chi connectivity index (χ4n) is 3.65. The Labute approximate surface area is 185 Å². The van der Waals surface area contributed by atoms with Crippen LogP contribution in [0.1, 0.15) is 0 Å². The molecule has 1 saturated heterocycles. The number of carbonyl (C=O) groups is 1. The van der Waals surface area contributed by atoms with E-state index in [0.717, 1.165) is 27.3 Å². The molecule has 0 radical (unpaired) electrons. The molecule has 31 heavy (non-hydrogen) atoms. The van der Waals surface area contributed by atoms with Crippen LogP contribution in [0.4, 0.5) is 16.3 Å². The molecule has 0 aliphatic carbocycles. The van der Waals surface area contributed by atoms with Gasteiger partial charge in [-0.1, -0.05) is 6.07 Å². The van der Waals surface area contributed by atoms with Crippen molar-refractivity contribution in [3.8, 4) is 11.5 Å². The minimum Gasteiger partial charge on any atom is -0.493 e. The Kier molecular flexibility index (Phi) is 6.31. The molecule has 3 aromatic rings. The smallest absolute Gasteiger partial charge is 0.321 e. The van der Waals surface area contributed by atoms with Gasteiger partial charge in [0.1, 0.15) is 12.1 Å². The number of methoxy groups -OCH3 is 2. The van der Waals surface area contributed by atoms with Gasteiger partial charge in [0, 0.05) is 48.2 Å². The zero-order valence-corrected chi connectivity index (χ0v) is 18.6. The van der Waals surface area contributed by atoms with Crippen molar-refractivity contribution in [1.29, 1.82) is 0 Å². The third-order valence-corrected chi connectivity index (χ3v) is 6.03. The highest BCUT2D eigenvalue weighted by Crippen LogP contribution is 2.35. The Bertz CT molecular complexity index is 1090. The van der Waals surface area contributed by atoms with Crippen molar-refractivity contribution in [2.75, 3.05) is 56.9 Å². The van der Waals surface area contributed by atoms with Crippen LogP contribution in [0.5, 0.6) is 11.5 Å². The van der Waals surface area contributed by atoms with Crippen molar-refractivity contribution >= 4 is 40.2 Å². The summed E-state index contributed by atoms with van der Waals surface area (Å²) in [6.07, 6.45) is 3.57. The minimum absolute atomic E-state index is 0.0862. The topological polar surface area (TPSA) is 79.8 Å². The van der Waals surface area contributed by atoms with Gasteiger partial charge in [0.2, 0.25) is 0 Å². The number of rotatable bonds is 5. The van der Waals surface area contributed by atoms with Gasteiger partial charge in [0.15, 0.2) is 11.5 Å². The summed E-state index contributed by atoms with van der Waals surface area (Å²) in [4.78, 5) is 26.7. The number of amides is 2. The summed E-state index contributed by atoms with van der Waals surface area (Å²) < 4.78 is 10.8. The molecule has 1 aliphatic heterocycles. The highest BCUT2D eigenvalue weighted by Gasteiger charge is 2.24. The third-order valence-electron chi connectivity index (χ3n) is 5.31. The van der Waals surface area contributed by atoms with Crippen LogP contribution in [-0.2, 0) is 0 Å². The maximum atomic E-state index is 12.7. The number of benzene rings is 2. The molecule has 162 valence electrons. The summed E-state index contributed by atoms with van der Waals surface area (Å²) in [5.41, 5.74) is 1.60. The van der Waals surface area contributed by atoms with Crippen molar-refractivity contribution in [3.63, 3.8) is 0 Å². The fourth-order valence-corrected chi connectivity index (χ4v) is 4.11. The van der Waals surface area contributed by atoms with E-state index in [1.54, 1.807) is 32.3 Å². The van der Waals surface area contributed by atoms with Gasteiger partial charge in [0.05, 0.1) is 19.7 Å². The van der Waals surface area contributed by atoms with Gasteiger partial charge in [0.25, 0.3) is 0 Å². The minimum atomic E-state index is -0.0862. The van der Waals surface area contributed by atoms with Crippen LogP contribution in [0.3, 0.4) is 0 Å². The van der Waals surface area contributed by atoms with E-state index >= 15 is 0 Å². The number of piperazine rings is 1. The van der Waals surface area contributed by atoms with E-state index in [-0.39, 0.29) is 6.03 Å². The number of ether oxygens (including phenoxy) is 2. The molecule has 1 aliphatic rings. The number of urea groups is 1. The third kappa shape index (κ3) is 4.46. The Morgan fingerprint density at radius 1 is 1.03 bits per heavy atom. The Hall–Kier alpha value is -3.20. The van der Waals surface area contributed by atoms with E-state index in [2.05, 4.69) is 20.2 Å². The summed E-state index contributed by atoms with van der Waals surface area (Å²) in [6.45, 7) is 2.57. The van der Waals surface area contributed by atoms with Gasteiger partial charge in [-0.3, -0.25) is 0 Å². The first-order valence-corrected chi connectivity index (χ1v) is 11.2.